The molecule has 0 saturated heterocycles. The topological polar surface area (TPSA) is 157 Å². The molecule has 0 aliphatic carbocycles. The van der Waals surface area contributed by atoms with E-state index in [1.807, 2.05) is 0 Å². The zero-order valence-electron chi connectivity index (χ0n) is 16.8. The fourth-order valence-corrected chi connectivity index (χ4v) is 4.17. The second-order valence-electron chi connectivity index (χ2n) is 6.20. The van der Waals surface area contributed by atoms with Gasteiger partial charge in [0.05, 0.1) is 0 Å². The summed E-state index contributed by atoms with van der Waals surface area (Å²) in [5, 5.41) is 11.3. The molecule has 0 bridgehead atoms. The Morgan fingerprint density at radius 3 is 1.38 bits per heavy atom. The van der Waals surface area contributed by atoms with Crippen molar-refractivity contribution < 1.29 is 25.9 Å². The van der Waals surface area contributed by atoms with Crippen molar-refractivity contribution in [3.8, 4) is 0 Å². The van der Waals surface area contributed by atoms with Gasteiger partial charge in [-0.25, -0.2) is 0 Å². The molecule has 0 unspecified atom stereocenters. The van der Waals surface area contributed by atoms with E-state index in [0.717, 1.165) is 0 Å². The van der Waals surface area contributed by atoms with Gasteiger partial charge in [0.2, 0.25) is 0 Å². The van der Waals surface area contributed by atoms with Crippen LogP contribution in [0, 0.1) is 0 Å². The summed E-state index contributed by atoms with van der Waals surface area (Å²) >= 11 is 9.94. The van der Waals surface area contributed by atoms with Gasteiger partial charge >= 0.3 is 0 Å². The maximum atomic E-state index is 11.9. The van der Waals surface area contributed by atoms with Crippen molar-refractivity contribution in [1.82, 2.24) is 10.6 Å². The Morgan fingerprint density at radius 1 is 0.750 bits per heavy atom. The first-order chi connectivity index (χ1) is 14.8. The first-order valence-electron chi connectivity index (χ1n) is 8.74. The molecule has 32 heavy (non-hydrogen) atoms. The van der Waals surface area contributed by atoms with Crippen LogP contribution < -0.4 is 21.3 Å². The summed E-state index contributed by atoms with van der Waals surface area (Å²) in [6.45, 7) is 0. The minimum atomic E-state index is -4.62. The van der Waals surface area contributed by atoms with Crippen LogP contribution >= 0.6 is 24.4 Å². The molecule has 0 amide bonds. The highest BCUT2D eigenvalue weighted by atomic mass is 32.2. The van der Waals surface area contributed by atoms with Crippen molar-refractivity contribution >= 4 is 78.4 Å². The SMILES string of the molecule is CNC(=S)Nc1ccc(/C=C/c2ccc(NC(=S)NC)cc2S(=O)(=O)O)c(S(=O)(=O)O)c1. The quantitative estimate of drug-likeness (QED) is 0.189. The van der Waals surface area contributed by atoms with Crippen molar-refractivity contribution in [3.05, 3.63) is 47.5 Å². The molecule has 2 aromatic carbocycles. The molecule has 14 heteroatoms. The largest absolute Gasteiger partial charge is 0.366 e. The second-order valence-corrected chi connectivity index (χ2v) is 9.79. The van der Waals surface area contributed by atoms with Gasteiger partial charge in [0.1, 0.15) is 9.79 Å². The molecule has 0 saturated carbocycles. The van der Waals surface area contributed by atoms with Crippen LogP contribution in [0.2, 0.25) is 0 Å². The highest BCUT2D eigenvalue weighted by Gasteiger charge is 2.17. The van der Waals surface area contributed by atoms with Crippen LogP contribution in [-0.4, -0.2) is 50.3 Å². The van der Waals surface area contributed by atoms with Crippen LogP contribution in [0.4, 0.5) is 11.4 Å². The van der Waals surface area contributed by atoms with Gasteiger partial charge in [-0.15, -0.1) is 0 Å². The van der Waals surface area contributed by atoms with E-state index in [-0.39, 0.29) is 21.4 Å². The second kappa shape index (κ2) is 10.3. The number of benzene rings is 2. The molecule has 0 spiro atoms. The molecular weight excluding hydrogens is 496 g/mol. The zero-order valence-corrected chi connectivity index (χ0v) is 20.0. The first kappa shape index (κ1) is 25.6. The van der Waals surface area contributed by atoms with Gasteiger partial charge in [0, 0.05) is 25.5 Å². The number of thiocarbonyl (C=S) groups is 2. The predicted molar refractivity (Wildman–Crippen MR) is 132 cm³/mol. The van der Waals surface area contributed by atoms with Crippen LogP contribution in [0.3, 0.4) is 0 Å². The third kappa shape index (κ3) is 6.94. The van der Waals surface area contributed by atoms with Crippen LogP contribution in [0.25, 0.3) is 12.2 Å². The highest BCUT2D eigenvalue weighted by molar-refractivity contribution is 7.86. The Hall–Kier alpha value is -2.62. The number of rotatable bonds is 6. The summed E-state index contributed by atoms with van der Waals surface area (Å²) in [7, 11) is -6.08. The van der Waals surface area contributed by atoms with Crippen LogP contribution in [0.5, 0.6) is 0 Å². The highest BCUT2D eigenvalue weighted by Crippen LogP contribution is 2.26. The molecule has 0 atom stereocenters. The van der Waals surface area contributed by atoms with Gasteiger partial charge in [0.25, 0.3) is 20.2 Å². The summed E-state index contributed by atoms with van der Waals surface area (Å²) in [5.74, 6) is 0. The van der Waals surface area contributed by atoms with Crippen molar-refractivity contribution in [2.24, 2.45) is 0 Å². The van der Waals surface area contributed by atoms with Crippen molar-refractivity contribution in [1.29, 1.82) is 0 Å². The lowest BCUT2D eigenvalue weighted by Gasteiger charge is -2.11. The number of nitrogens with one attached hydrogen (secondary N) is 4. The lowest BCUT2D eigenvalue weighted by Crippen LogP contribution is -2.24. The number of anilines is 2. The van der Waals surface area contributed by atoms with E-state index in [0.29, 0.717) is 11.4 Å². The van der Waals surface area contributed by atoms with Crippen molar-refractivity contribution in [3.63, 3.8) is 0 Å². The van der Waals surface area contributed by atoms with E-state index in [4.69, 9.17) is 24.4 Å². The molecule has 0 aliphatic rings. The lowest BCUT2D eigenvalue weighted by atomic mass is 10.1. The molecule has 0 radical (unpaired) electrons. The predicted octanol–water partition coefficient (Wildman–Crippen LogP) is 2.18. The molecule has 0 heterocycles. The molecule has 0 aromatic heterocycles. The maximum absolute atomic E-state index is 11.9. The molecular formula is C18H20N4O6S4. The normalized spacial score (nSPS) is 11.8. The molecule has 10 nitrogen and oxygen atoms in total. The van der Waals surface area contributed by atoms with Gasteiger partial charge in [-0.05, 0) is 59.8 Å². The van der Waals surface area contributed by atoms with Gasteiger partial charge in [0.15, 0.2) is 10.2 Å². The summed E-state index contributed by atoms with van der Waals surface area (Å²) in [4.78, 5) is -0.854. The molecule has 172 valence electrons. The van der Waals surface area contributed by atoms with Crippen molar-refractivity contribution in [2.75, 3.05) is 24.7 Å². The van der Waals surface area contributed by atoms with E-state index in [1.54, 1.807) is 14.1 Å². The Kier molecular flexibility index (Phi) is 8.28. The minimum Gasteiger partial charge on any atom is -0.366 e. The molecule has 6 N–H and O–H groups in total. The maximum Gasteiger partial charge on any atom is 0.295 e. The fourth-order valence-electron chi connectivity index (χ4n) is 2.51. The van der Waals surface area contributed by atoms with E-state index >= 15 is 0 Å². The van der Waals surface area contributed by atoms with E-state index in [1.165, 1.54) is 48.6 Å². The Labute approximate surface area is 196 Å². The van der Waals surface area contributed by atoms with Crippen LogP contribution in [0.15, 0.2) is 46.2 Å². The molecule has 0 fully saturated rings. The third-order valence-corrected chi connectivity index (χ3v) is 6.43. The third-order valence-electron chi connectivity index (χ3n) is 4.00. The molecule has 0 aliphatic heterocycles. The van der Waals surface area contributed by atoms with E-state index in [2.05, 4.69) is 21.3 Å². The summed E-state index contributed by atoms with van der Waals surface area (Å²) in [6.07, 6.45) is 2.58. The Balaban J connectivity index is 2.52. The van der Waals surface area contributed by atoms with Gasteiger partial charge in [-0.3, -0.25) is 9.11 Å². The van der Waals surface area contributed by atoms with Crippen molar-refractivity contribution in [2.45, 2.75) is 9.79 Å². The summed E-state index contributed by atoms with van der Waals surface area (Å²) in [5.41, 5.74) is 0.772. The fraction of sp³-hybridized carbons (Fsp3) is 0.111. The number of hydrogen-bond donors (Lipinski definition) is 6. The van der Waals surface area contributed by atoms with Crippen LogP contribution in [0.1, 0.15) is 11.1 Å². The summed E-state index contributed by atoms with van der Waals surface area (Å²) in [6, 6.07) is 8.19. The molecule has 2 aromatic rings. The Bertz CT molecular complexity index is 1190. The van der Waals surface area contributed by atoms with Gasteiger partial charge in [-0.1, -0.05) is 24.3 Å². The number of hydrogen-bond acceptors (Lipinski definition) is 6. The Morgan fingerprint density at radius 2 is 1.09 bits per heavy atom. The zero-order chi connectivity index (χ0) is 24.1. The standard InChI is InChI=1S/C18H20N4O6S4/c1-19-17(29)21-13-7-5-11(15(9-13)31(23,24)25)3-4-12-6-8-14(22-18(30)20-2)10-16(12)32(26,27)28/h3-10H,1-2H3,(H2,19,21,29)(H2,20,22,30)(H,23,24,25)(H,26,27,28)/b4-3+. The smallest absolute Gasteiger partial charge is 0.295 e. The lowest BCUT2D eigenvalue weighted by molar-refractivity contribution is 0.480. The van der Waals surface area contributed by atoms with E-state index in [9.17, 15) is 25.9 Å². The average molecular weight is 517 g/mol. The monoisotopic (exact) mass is 516 g/mol. The minimum absolute atomic E-state index is 0.0771. The average Bonchev–Trinajstić information content (AvgIpc) is 2.71. The first-order valence-corrected chi connectivity index (χ1v) is 12.4. The van der Waals surface area contributed by atoms with Gasteiger partial charge in [-0.2, -0.15) is 16.8 Å². The van der Waals surface area contributed by atoms with Gasteiger partial charge < -0.3 is 21.3 Å². The van der Waals surface area contributed by atoms with E-state index < -0.39 is 30.0 Å². The molecule has 2 rings (SSSR count). The summed E-state index contributed by atoms with van der Waals surface area (Å²) < 4.78 is 66.7. The van der Waals surface area contributed by atoms with Crippen LogP contribution in [-0.2, 0) is 20.2 Å².